The van der Waals surface area contributed by atoms with E-state index in [1.165, 1.54) is 16.7 Å². The molecule has 61 heavy (non-hydrogen) atoms. The summed E-state index contributed by atoms with van der Waals surface area (Å²) in [6.07, 6.45) is 0. The van der Waals surface area contributed by atoms with Crippen molar-refractivity contribution in [3.63, 3.8) is 0 Å². The van der Waals surface area contributed by atoms with Gasteiger partial charge in [-0.25, -0.2) is 0 Å². The Morgan fingerprint density at radius 2 is 0.607 bits per heavy atom. The minimum absolute atomic E-state index is 0.122. The molecule has 324 valence electrons. The molecule has 0 amide bonds. The van der Waals surface area contributed by atoms with Crippen molar-refractivity contribution >= 4 is 17.1 Å². The van der Waals surface area contributed by atoms with E-state index >= 15 is 0 Å². The average Bonchev–Trinajstić information content (AvgIpc) is 3.24. The molecule has 0 atom stereocenters. The highest BCUT2D eigenvalue weighted by molar-refractivity contribution is 6.66. The van der Waals surface area contributed by atoms with E-state index in [0.717, 1.165) is 46.0 Å². The molecule has 0 aromatic heterocycles. The Bertz CT molecular complexity index is 2150. The van der Waals surface area contributed by atoms with E-state index in [0.29, 0.717) is 0 Å². The van der Waals surface area contributed by atoms with Crippen LogP contribution in [0.4, 0.5) is 0 Å². The zero-order chi connectivity index (χ0) is 44.7. The molecule has 0 unspecified atom stereocenters. The van der Waals surface area contributed by atoms with Crippen LogP contribution in [0.5, 0.6) is 46.0 Å². The molecule has 0 saturated carbocycles. The topological polar surface area (TPSA) is 73.8 Å². The van der Waals surface area contributed by atoms with Crippen molar-refractivity contribution in [2.45, 2.75) is 71.6 Å². The van der Waals surface area contributed by atoms with Gasteiger partial charge in [0.15, 0.2) is 0 Å². The van der Waals surface area contributed by atoms with Gasteiger partial charge in [-0.15, -0.1) is 0 Å². The maximum atomic E-state index is 6.31. The molecule has 8 nitrogen and oxygen atoms in total. The van der Waals surface area contributed by atoms with E-state index in [2.05, 4.69) is 84.1 Å². The van der Waals surface area contributed by atoms with Crippen LogP contribution in [-0.4, -0.2) is 45.6 Å². The van der Waals surface area contributed by atoms with E-state index in [-0.39, 0.29) is 10.8 Å². The Hall–Kier alpha value is -5.85. The molecular formula is C51H64O8Si2. The van der Waals surface area contributed by atoms with Gasteiger partial charge in [0.1, 0.15) is 46.0 Å². The van der Waals surface area contributed by atoms with Crippen LogP contribution in [0.2, 0.25) is 26.2 Å². The Kier molecular flexibility index (Phi) is 16.9. The molecule has 0 spiro atoms. The molecule has 0 fully saturated rings. The third-order valence-electron chi connectivity index (χ3n) is 9.62. The molecule has 0 saturated heterocycles. The van der Waals surface area contributed by atoms with Gasteiger partial charge in [-0.3, -0.25) is 0 Å². The van der Waals surface area contributed by atoms with Crippen molar-refractivity contribution in [1.82, 2.24) is 0 Å². The van der Waals surface area contributed by atoms with Gasteiger partial charge in [0, 0.05) is 43.7 Å². The number of methoxy groups -OCH3 is 4. The molecule has 6 aromatic rings. The van der Waals surface area contributed by atoms with Crippen LogP contribution in [0.15, 0.2) is 152 Å². The highest BCUT2D eigenvalue weighted by atomic mass is 28.4. The van der Waals surface area contributed by atoms with Crippen LogP contribution in [0.25, 0.3) is 0 Å². The van der Waals surface area contributed by atoms with Crippen LogP contribution in [0.1, 0.15) is 51.3 Å². The molecule has 0 bridgehead atoms. The molecule has 0 radical (unpaired) electrons. The van der Waals surface area contributed by atoms with Crippen molar-refractivity contribution < 1.29 is 36.7 Å². The van der Waals surface area contributed by atoms with E-state index in [4.69, 9.17) is 36.7 Å². The van der Waals surface area contributed by atoms with Crippen LogP contribution >= 0.6 is 0 Å². The number of para-hydroxylation sites is 1. The van der Waals surface area contributed by atoms with Crippen molar-refractivity contribution in [1.29, 1.82) is 0 Å². The summed E-state index contributed by atoms with van der Waals surface area (Å²) in [6, 6.07) is 49.7. The highest BCUT2D eigenvalue weighted by Crippen LogP contribution is 2.34. The molecular weight excluding hydrogens is 797 g/mol. The summed E-state index contributed by atoms with van der Waals surface area (Å²) >= 11 is 0. The molecule has 6 aromatic carbocycles. The van der Waals surface area contributed by atoms with Gasteiger partial charge in [-0.1, -0.05) is 101 Å². The van der Waals surface area contributed by atoms with E-state index in [9.17, 15) is 0 Å². The van der Waals surface area contributed by atoms with E-state index in [1.54, 1.807) is 28.4 Å². The van der Waals surface area contributed by atoms with Crippen molar-refractivity contribution in [3.8, 4) is 46.0 Å². The van der Waals surface area contributed by atoms with Gasteiger partial charge in [-0.2, -0.15) is 0 Å². The predicted octanol–water partition coefficient (Wildman–Crippen LogP) is 13.0. The lowest BCUT2D eigenvalue weighted by atomic mass is 9.78. The first-order valence-electron chi connectivity index (χ1n) is 20.4. The number of hydrogen-bond acceptors (Lipinski definition) is 8. The van der Waals surface area contributed by atoms with E-state index < -0.39 is 17.1 Å². The van der Waals surface area contributed by atoms with Gasteiger partial charge < -0.3 is 36.7 Å². The molecule has 6 rings (SSSR count). The first-order chi connectivity index (χ1) is 28.9. The lowest BCUT2D eigenvalue weighted by molar-refractivity contribution is 0.385. The minimum atomic E-state index is -2.40. The zero-order valence-corrected chi connectivity index (χ0v) is 40.2. The van der Waals surface area contributed by atoms with Crippen molar-refractivity contribution in [2.75, 3.05) is 28.4 Å². The van der Waals surface area contributed by atoms with Crippen LogP contribution in [0.3, 0.4) is 0 Å². The van der Waals surface area contributed by atoms with Gasteiger partial charge in [0.2, 0.25) is 0 Å². The smallest absolute Gasteiger partial charge is 0.454 e. The summed E-state index contributed by atoms with van der Waals surface area (Å²) in [6.45, 7) is 19.2. The maximum Gasteiger partial charge on any atom is 0.454 e. The number of hydrogen-bond donors (Lipinski definition) is 0. The average molecular weight is 861 g/mol. The zero-order valence-electron chi connectivity index (χ0n) is 38.2. The third-order valence-corrected chi connectivity index (χ3v) is 12.5. The first kappa shape index (κ1) is 47.8. The van der Waals surface area contributed by atoms with Gasteiger partial charge in [0.05, 0.1) is 28.4 Å². The fraction of sp³-hybridized carbons (Fsp3) is 0.294. The van der Waals surface area contributed by atoms with Crippen molar-refractivity contribution in [3.05, 3.63) is 168 Å². The molecule has 0 heterocycles. The summed E-state index contributed by atoms with van der Waals surface area (Å²) < 4.78 is 45.2. The van der Waals surface area contributed by atoms with Gasteiger partial charge >= 0.3 is 17.1 Å². The number of benzene rings is 6. The van der Waals surface area contributed by atoms with Crippen LogP contribution < -0.4 is 36.7 Å². The predicted molar refractivity (Wildman–Crippen MR) is 253 cm³/mol. The molecule has 10 heteroatoms. The SMILES string of the molecule is COc1ccc(C(C)(C)c2ccc(O[Si](C)(C)Oc3ccc(C(C)(C)C)cc3)cc2)cc1.COc1cccc(O[Si](C)(C)Oc2cccc(OC)c2)c1.COc1ccccc1. The second kappa shape index (κ2) is 21.6. The molecule has 0 aliphatic rings. The second-order valence-electron chi connectivity index (χ2n) is 16.7. The molecule has 0 aliphatic carbocycles. The first-order valence-corrected chi connectivity index (χ1v) is 26.0. The van der Waals surface area contributed by atoms with Gasteiger partial charge in [-0.05, 0) is 94.9 Å². The summed E-state index contributed by atoms with van der Waals surface area (Å²) in [7, 11) is 1.85. The van der Waals surface area contributed by atoms with Crippen LogP contribution in [-0.2, 0) is 10.8 Å². The Morgan fingerprint density at radius 1 is 0.311 bits per heavy atom. The summed E-state index contributed by atoms with van der Waals surface area (Å²) in [5.74, 6) is 6.48. The standard InChI is InChI=1S/C28H36O3Si.C16H20O4Si.C7H8O/c1-27(2,3)21-9-17-25(18-10-21)30-32(7,8)31-26-19-13-23(14-20-26)28(4,5)22-11-15-24(29-6)16-12-22;1-17-13-7-5-9-15(11-13)19-21(3,4)20-16-10-6-8-14(12-16)18-2;1-8-7-5-3-2-4-6-7/h9-20H,1-8H3;5-12H,1-4H3;2-6H,1H3. The lowest BCUT2D eigenvalue weighted by Crippen LogP contribution is -2.41. The summed E-state index contributed by atoms with van der Waals surface area (Å²) in [4.78, 5) is 0. The monoisotopic (exact) mass is 860 g/mol. The Morgan fingerprint density at radius 3 is 0.951 bits per heavy atom. The summed E-state index contributed by atoms with van der Waals surface area (Å²) in [5.41, 5.74) is 3.77. The lowest BCUT2D eigenvalue weighted by Gasteiger charge is -2.28. The fourth-order valence-electron chi connectivity index (χ4n) is 6.20. The molecule has 0 N–H and O–H groups in total. The summed E-state index contributed by atoms with van der Waals surface area (Å²) in [5, 5.41) is 0. The fourth-order valence-corrected chi connectivity index (χ4v) is 9.08. The Balaban J connectivity index is 0.000000240. The Labute approximate surface area is 366 Å². The maximum absolute atomic E-state index is 6.31. The third kappa shape index (κ3) is 15.3. The van der Waals surface area contributed by atoms with Crippen molar-refractivity contribution in [2.24, 2.45) is 0 Å². The molecule has 0 aliphatic heterocycles. The highest BCUT2D eigenvalue weighted by Gasteiger charge is 2.31. The van der Waals surface area contributed by atoms with E-state index in [1.807, 2.05) is 128 Å². The largest absolute Gasteiger partial charge is 0.512 e. The normalized spacial score (nSPS) is 11.4. The van der Waals surface area contributed by atoms with Gasteiger partial charge in [0.25, 0.3) is 0 Å². The van der Waals surface area contributed by atoms with Crippen LogP contribution in [0, 0.1) is 0 Å². The number of rotatable bonds is 14. The second-order valence-corrected chi connectivity index (χ2v) is 23.2. The quantitative estimate of drug-likeness (QED) is 0.100. The minimum Gasteiger partial charge on any atom is -0.512 e. The number of ether oxygens (including phenoxy) is 4.